The number of benzene rings is 2. The number of rotatable bonds is 4. The normalized spacial score (nSPS) is 28.7. The molecule has 5 unspecified atom stereocenters. The van der Waals surface area contributed by atoms with Gasteiger partial charge in [-0.05, 0) is 48.6 Å². The first kappa shape index (κ1) is 24.1. The Morgan fingerprint density at radius 2 is 1.94 bits per heavy atom. The Hall–Kier alpha value is -2.66. The van der Waals surface area contributed by atoms with Gasteiger partial charge in [-0.2, -0.15) is 18.7 Å². The van der Waals surface area contributed by atoms with Crippen LogP contribution < -0.4 is 21.6 Å². The van der Waals surface area contributed by atoms with Crippen LogP contribution in [0.3, 0.4) is 0 Å². The Labute approximate surface area is 205 Å². The third-order valence-corrected chi connectivity index (χ3v) is 7.49. The summed E-state index contributed by atoms with van der Waals surface area (Å²) in [6.45, 7) is 0.313. The highest BCUT2D eigenvalue weighted by atomic mass is 35.5. The molecule has 11 heteroatoms. The number of carbonyl (C=O) groups excluding carboxylic acids is 2. The second-order valence-corrected chi connectivity index (χ2v) is 9.62. The van der Waals surface area contributed by atoms with Crippen molar-refractivity contribution in [2.75, 3.05) is 0 Å². The minimum absolute atomic E-state index is 0.104. The molecule has 0 bridgehead atoms. The standard InChI is InChI=1S/C24H25ClF3N5O2/c25-18-7-2-1-4-15(18)12-29-22(34)14-8-9-17-19(11-14)33-21(30-23(17)35)20(31-32-33)13-5-3-6-16(10-13)24(26,27)28/h1-7,10,14,17,19-21,31-32H,8-9,11-12H2,(H,29,34)(H,30,35). The Morgan fingerprint density at radius 1 is 1.14 bits per heavy atom. The monoisotopic (exact) mass is 507 g/mol. The predicted molar refractivity (Wildman–Crippen MR) is 122 cm³/mol. The SMILES string of the molecule is O=C(NCc1ccccc1Cl)C1CCC2C(=O)NC3C(c4cccc(C(F)(F)F)c4)NNN3C2C1. The van der Waals surface area contributed by atoms with E-state index in [1.807, 2.05) is 23.2 Å². The van der Waals surface area contributed by atoms with Crippen molar-refractivity contribution in [3.8, 4) is 0 Å². The molecule has 0 aromatic heterocycles. The maximum Gasteiger partial charge on any atom is 0.416 e. The van der Waals surface area contributed by atoms with Crippen LogP contribution in [0.15, 0.2) is 48.5 Å². The third kappa shape index (κ3) is 4.75. The highest BCUT2D eigenvalue weighted by Crippen LogP contribution is 2.39. The molecule has 7 nitrogen and oxygen atoms in total. The summed E-state index contributed by atoms with van der Waals surface area (Å²) in [5, 5.41) is 8.31. The average Bonchev–Trinajstić information content (AvgIpc) is 3.26. The predicted octanol–water partition coefficient (Wildman–Crippen LogP) is 3.28. The molecule has 2 aliphatic heterocycles. The van der Waals surface area contributed by atoms with Crippen LogP contribution in [0.25, 0.3) is 0 Å². The lowest BCUT2D eigenvalue weighted by molar-refractivity contribution is -0.143. The Bertz CT molecular complexity index is 1130. The topological polar surface area (TPSA) is 85.5 Å². The lowest BCUT2D eigenvalue weighted by Crippen LogP contribution is -2.65. The first-order valence-corrected chi connectivity index (χ1v) is 11.9. The van der Waals surface area contributed by atoms with E-state index in [4.69, 9.17) is 11.6 Å². The number of halogens is 4. The molecule has 5 atom stereocenters. The quantitative estimate of drug-likeness (QED) is 0.510. The zero-order chi connectivity index (χ0) is 24.7. The van der Waals surface area contributed by atoms with E-state index >= 15 is 0 Å². The van der Waals surface area contributed by atoms with Crippen molar-refractivity contribution in [1.29, 1.82) is 0 Å². The van der Waals surface area contributed by atoms with Gasteiger partial charge in [0, 0.05) is 23.5 Å². The van der Waals surface area contributed by atoms with Crippen molar-refractivity contribution >= 4 is 23.4 Å². The average molecular weight is 508 g/mol. The van der Waals surface area contributed by atoms with Crippen LogP contribution in [0.1, 0.15) is 42.0 Å². The molecule has 1 aliphatic carbocycles. The summed E-state index contributed by atoms with van der Waals surface area (Å²) in [5.74, 6) is -0.853. The van der Waals surface area contributed by atoms with Gasteiger partial charge in [-0.25, -0.2) is 10.4 Å². The van der Waals surface area contributed by atoms with Crippen molar-refractivity contribution in [3.05, 3.63) is 70.2 Å². The van der Waals surface area contributed by atoms with Gasteiger partial charge >= 0.3 is 6.18 Å². The molecule has 0 radical (unpaired) electrons. The first-order valence-electron chi connectivity index (χ1n) is 11.5. The van der Waals surface area contributed by atoms with Crippen molar-refractivity contribution < 1.29 is 22.8 Å². The molecule has 2 heterocycles. The lowest BCUT2D eigenvalue weighted by Gasteiger charge is -2.46. The summed E-state index contributed by atoms with van der Waals surface area (Å²) in [6.07, 6.45) is -3.48. The molecule has 186 valence electrons. The molecule has 3 fully saturated rings. The van der Waals surface area contributed by atoms with Gasteiger partial charge in [-0.1, -0.05) is 41.9 Å². The molecule has 35 heavy (non-hydrogen) atoms. The van der Waals surface area contributed by atoms with Gasteiger partial charge in [0.15, 0.2) is 0 Å². The second-order valence-electron chi connectivity index (χ2n) is 9.21. The molecule has 2 saturated heterocycles. The van der Waals surface area contributed by atoms with Gasteiger partial charge in [-0.3, -0.25) is 9.59 Å². The van der Waals surface area contributed by atoms with E-state index in [1.165, 1.54) is 6.07 Å². The first-order chi connectivity index (χ1) is 16.7. The highest BCUT2D eigenvalue weighted by Gasteiger charge is 2.51. The minimum Gasteiger partial charge on any atom is -0.352 e. The number of amides is 2. The molecule has 1 saturated carbocycles. The van der Waals surface area contributed by atoms with Gasteiger partial charge in [0.25, 0.3) is 0 Å². The summed E-state index contributed by atoms with van der Waals surface area (Å²) in [7, 11) is 0. The third-order valence-electron chi connectivity index (χ3n) is 7.12. The zero-order valence-corrected chi connectivity index (χ0v) is 19.4. The summed E-state index contributed by atoms with van der Waals surface area (Å²) in [4.78, 5) is 25.8. The number of nitrogens with zero attached hydrogens (tertiary/aromatic N) is 1. The maximum atomic E-state index is 13.2. The zero-order valence-electron chi connectivity index (χ0n) is 18.6. The largest absolute Gasteiger partial charge is 0.416 e. The second kappa shape index (κ2) is 9.42. The molecule has 2 aromatic rings. The van der Waals surface area contributed by atoms with E-state index in [0.717, 1.165) is 17.7 Å². The van der Waals surface area contributed by atoms with Crippen LogP contribution in [-0.4, -0.2) is 29.0 Å². The van der Waals surface area contributed by atoms with Crippen LogP contribution in [0, 0.1) is 11.8 Å². The van der Waals surface area contributed by atoms with Gasteiger partial charge in [0.2, 0.25) is 11.8 Å². The van der Waals surface area contributed by atoms with Gasteiger partial charge < -0.3 is 10.6 Å². The van der Waals surface area contributed by atoms with E-state index < -0.39 is 23.9 Å². The molecule has 5 rings (SSSR count). The molecule has 0 spiro atoms. The Kier molecular flexibility index (Phi) is 6.47. The van der Waals surface area contributed by atoms with Crippen molar-refractivity contribution in [1.82, 2.24) is 26.6 Å². The highest BCUT2D eigenvalue weighted by molar-refractivity contribution is 6.31. The fourth-order valence-electron chi connectivity index (χ4n) is 5.29. The molecule has 2 amide bonds. The van der Waals surface area contributed by atoms with E-state index in [1.54, 1.807) is 12.1 Å². The van der Waals surface area contributed by atoms with Gasteiger partial charge in [0.05, 0.1) is 17.5 Å². The van der Waals surface area contributed by atoms with E-state index in [0.29, 0.717) is 36.4 Å². The molecular formula is C24H25ClF3N5O2. The van der Waals surface area contributed by atoms with Crippen LogP contribution >= 0.6 is 11.6 Å². The summed E-state index contributed by atoms with van der Waals surface area (Å²) >= 11 is 6.18. The van der Waals surface area contributed by atoms with Crippen LogP contribution in [0.2, 0.25) is 5.02 Å². The lowest BCUT2D eigenvalue weighted by atomic mass is 9.75. The van der Waals surface area contributed by atoms with Crippen LogP contribution in [0.5, 0.6) is 0 Å². The Morgan fingerprint density at radius 3 is 2.71 bits per heavy atom. The fraction of sp³-hybridized carbons (Fsp3) is 0.417. The number of nitrogens with one attached hydrogen (secondary N) is 4. The van der Waals surface area contributed by atoms with Crippen molar-refractivity contribution in [3.63, 3.8) is 0 Å². The molecule has 2 aromatic carbocycles. The molecule has 3 aliphatic rings. The number of hydrazine groups is 2. The number of hydrogen-bond donors (Lipinski definition) is 4. The van der Waals surface area contributed by atoms with Crippen LogP contribution in [0.4, 0.5) is 13.2 Å². The summed E-state index contributed by atoms with van der Waals surface area (Å²) in [5.41, 5.74) is 6.55. The Balaban J connectivity index is 1.29. The fourth-order valence-corrected chi connectivity index (χ4v) is 5.49. The van der Waals surface area contributed by atoms with Crippen molar-refractivity contribution in [2.45, 2.75) is 50.2 Å². The van der Waals surface area contributed by atoms with Crippen molar-refractivity contribution in [2.24, 2.45) is 11.8 Å². The maximum absolute atomic E-state index is 13.2. The summed E-state index contributed by atoms with van der Waals surface area (Å²) in [6, 6.07) is 11.5. The number of alkyl halides is 3. The van der Waals surface area contributed by atoms with Gasteiger partial charge in [-0.15, -0.1) is 0 Å². The molecule has 4 N–H and O–H groups in total. The van der Waals surface area contributed by atoms with E-state index in [2.05, 4.69) is 21.6 Å². The smallest absolute Gasteiger partial charge is 0.352 e. The minimum atomic E-state index is -4.46. The molecular weight excluding hydrogens is 483 g/mol. The van der Waals surface area contributed by atoms with Gasteiger partial charge in [0.1, 0.15) is 6.17 Å². The summed E-state index contributed by atoms with van der Waals surface area (Å²) < 4.78 is 39.7. The number of carbonyl (C=O) groups is 2. The van der Waals surface area contributed by atoms with E-state index in [-0.39, 0.29) is 29.7 Å². The van der Waals surface area contributed by atoms with Crippen LogP contribution in [-0.2, 0) is 22.3 Å². The van der Waals surface area contributed by atoms with E-state index in [9.17, 15) is 22.8 Å². The number of fused-ring (bicyclic) bond motifs is 3. The number of hydrogen-bond acceptors (Lipinski definition) is 5.